The molecule has 0 bridgehead atoms. The van der Waals surface area contributed by atoms with E-state index in [9.17, 15) is 9.59 Å². The van der Waals surface area contributed by atoms with Gasteiger partial charge >= 0.3 is 0 Å². The van der Waals surface area contributed by atoms with Crippen LogP contribution in [0.2, 0.25) is 0 Å². The molecule has 0 aliphatic carbocycles. The average Bonchev–Trinajstić information content (AvgIpc) is 3.43. The highest BCUT2D eigenvalue weighted by Crippen LogP contribution is 2.29. The van der Waals surface area contributed by atoms with Crippen LogP contribution in [0, 0.1) is 0 Å². The van der Waals surface area contributed by atoms with Crippen molar-refractivity contribution in [1.29, 1.82) is 0 Å². The van der Waals surface area contributed by atoms with Gasteiger partial charge in [-0.25, -0.2) is 4.98 Å². The fraction of sp³-hybridized carbons (Fsp3) is 0. The third-order valence-electron chi connectivity index (χ3n) is 3.58. The minimum absolute atomic E-state index is 0.170. The Hall–Kier alpha value is -2.81. The standard InChI is InChI=1S/C19H13N3O2S3/c23-17(14-6-2-8-25-14)21-12-4-1-5-13(10-12)22-18(24)16-11-20-19(27-16)15-7-3-9-26-15/h1-11H,(H,21,23)(H,22,24). The lowest BCUT2D eigenvalue weighted by molar-refractivity contribution is 0.102. The van der Waals surface area contributed by atoms with E-state index in [4.69, 9.17) is 0 Å². The van der Waals surface area contributed by atoms with Crippen LogP contribution in [0.4, 0.5) is 11.4 Å². The molecule has 0 radical (unpaired) electrons. The fourth-order valence-corrected chi connectivity index (χ4v) is 4.60. The maximum Gasteiger partial charge on any atom is 0.267 e. The van der Waals surface area contributed by atoms with Crippen molar-refractivity contribution < 1.29 is 9.59 Å². The van der Waals surface area contributed by atoms with Crippen LogP contribution >= 0.6 is 34.0 Å². The van der Waals surface area contributed by atoms with Crippen molar-refractivity contribution >= 4 is 57.2 Å². The number of amides is 2. The number of carbonyl (C=O) groups is 2. The van der Waals surface area contributed by atoms with Crippen molar-refractivity contribution in [2.75, 3.05) is 10.6 Å². The van der Waals surface area contributed by atoms with Crippen LogP contribution in [0.25, 0.3) is 9.88 Å². The number of carbonyl (C=O) groups excluding carboxylic acids is 2. The minimum Gasteiger partial charge on any atom is -0.321 e. The summed E-state index contributed by atoms with van der Waals surface area (Å²) < 4.78 is 0. The largest absolute Gasteiger partial charge is 0.321 e. The van der Waals surface area contributed by atoms with Gasteiger partial charge in [0, 0.05) is 11.4 Å². The van der Waals surface area contributed by atoms with Crippen molar-refractivity contribution in [3.05, 3.63) is 75.2 Å². The van der Waals surface area contributed by atoms with Gasteiger partial charge in [0.2, 0.25) is 0 Å². The minimum atomic E-state index is -0.225. The summed E-state index contributed by atoms with van der Waals surface area (Å²) in [6.07, 6.45) is 1.58. The molecular weight excluding hydrogens is 398 g/mol. The highest BCUT2D eigenvalue weighted by molar-refractivity contribution is 7.22. The summed E-state index contributed by atoms with van der Waals surface area (Å²) in [6, 6.07) is 14.6. The van der Waals surface area contributed by atoms with Crippen molar-refractivity contribution in [2.45, 2.75) is 0 Å². The van der Waals surface area contributed by atoms with Crippen LogP contribution in [0.5, 0.6) is 0 Å². The second-order valence-electron chi connectivity index (χ2n) is 5.47. The Kier molecular flexibility index (Phi) is 5.10. The van der Waals surface area contributed by atoms with Gasteiger partial charge in [-0.3, -0.25) is 9.59 Å². The maximum atomic E-state index is 12.5. The molecule has 1 aromatic carbocycles. The smallest absolute Gasteiger partial charge is 0.267 e. The third kappa shape index (κ3) is 4.13. The first-order valence-electron chi connectivity index (χ1n) is 7.95. The summed E-state index contributed by atoms with van der Waals surface area (Å²) in [5.41, 5.74) is 1.23. The molecular formula is C19H13N3O2S3. The van der Waals surface area contributed by atoms with Gasteiger partial charge in [0.05, 0.1) is 16.0 Å². The third-order valence-corrected chi connectivity index (χ3v) is 6.49. The summed E-state index contributed by atoms with van der Waals surface area (Å²) in [5.74, 6) is -0.395. The quantitative estimate of drug-likeness (QED) is 0.459. The lowest BCUT2D eigenvalue weighted by atomic mass is 10.2. The van der Waals surface area contributed by atoms with E-state index in [1.165, 1.54) is 22.7 Å². The number of thiophene rings is 2. The molecule has 0 aliphatic heterocycles. The predicted octanol–water partition coefficient (Wildman–Crippen LogP) is 5.44. The number of nitrogens with one attached hydrogen (secondary N) is 2. The van der Waals surface area contributed by atoms with Gasteiger partial charge < -0.3 is 10.6 Å². The van der Waals surface area contributed by atoms with Crippen molar-refractivity contribution in [1.82, 2.24) is 4.98 Å². The molecule has 0 atom stereocenters. The number of rotatable bonds is 5. The van der Waals surface area contributed by atoms with Crippen LogP contribution in [-0.4, -0.2) is 16.8 Å². The van der Waals surface area contributed by atoms with Gasteiger partial charge in [-0.15, -0.1) is 34.0 Å². The monoisotopic (exact) mass is 411 g/mol. The Morgan fingerprint density at radius 1 is 0.815 bits per heavy atom. The van der Waals surface area contributed by atoms with Crippen LogP contribution in [0.3, 0.4) is 0 Å². The Balaban J connectivity index is 1.45. The van der Waals surface area contributed by atoms with Gasteiger partial charge in [0.15, 0.2) is 0 Å². The lowest BCUT2D eigenvalue weighted by Gasteiger charge is -2.07. The topological polar surface area (TPSA) is 71.1 Å². The number of nitrogens with zero attached hydrogens (tertiary/aromatic N) is 1. The van der Waals surface area contributed by atoms with Gasteiger partial charge in [-0.1, -0.05) is 18.2 Å². The van der Waals surface area contributed by atoms with Gasteiger partial charge in [-0.2, -0.15) is 0 Å². The van der Waals surface area contributed by atoms with Crippen LogP contribution < -0.4 is 10.6 Å². The summed E-state index contributed by atoms with van der Waals surface area (Å²) in [5, 5.41) is 10.3. The van der Waals surface area contributed by atoms with E-state index >= 15 is 0 Å². The predicted molar refractivity (Wildman–Crippen MR) is 112 cm³/mol. The van der Waals surface area contributed by atoms with Crippen molar-refractivity contribution in [3.63, 3.8) is 0 Å². The number of hydrogen-bond acceptors (Lipinski definition) is 6. The summed E-state index contributed by atoms with van der Waals surface area (Å²) >= 11 is 4.32. The molecule has 5 nitrogen and oxygen atoms in total. The highest BCUT2D eigenvalue weighted by atomic mass is 32.1. The Bertz CT molecular complexity index is 1070. The average molecular weight is 412 g/mol. The molecule has 0 fully saturated rings. The molecule has 2 N–H and O–H groups in total. The van der Waals surface area contributed by atoms with E-state index in [-0.39, 0.29) is 11.8 Å². The van der Waals surface area contributed by atoms with E-state index in [1.807, 2.05) is 29.0 Å². The second-order valence-corrected chi connectivity index (χ2v) is 8.40. The zero-order valence-corrected chi connectivity index (χ0v) is 16.3. The summed E-state index contributed by atoms with van der Waals surface area (Å²) in [7, 11) is 0. The molecule has 4 aromatic rings. The Morgan fingerprint density at radius 2 is 1.52 bits per heavy atom. The molecule has 4 rings (SSSR count). The van der Waals surface area contributed by atoms with E-state index in [1.54, 1.807) is 47.9 Å². The highest BCUT2D eigenvalue weighted by Gasteiger charge is 2.13. The van der Waals surface area contributed by atoms with E-state index in [2.05, 4.69) is 15.6 Å². The molecule has 8 heteroatoms. The molecule has 0 unspecified atom stereocenters. The Labute approximate surface area is 167 Å². The molecule has 0 saturated heterocycles. The summed E-state index contributed by atoms with van der Waals surface area (Å²) in [4.78, 5) is 31.2. The number of aromatic nitrogens is 1. The van der Waals surface area contributed by atoms with Crippen LogP contribution in [0.1, 0.15) is 19.3 Å². The molecule has 3 aromatic heterocycles. The van der Waals surface area contributed by atoms with Crippen LogP contribution in [-0.2, 0) is 0 Å². The van der Waals surface area contributed by atoms with Gasteiger partial charge in [-0.05, 0) is 41.1 Å². The normalized spacial score (nSPS) is 10.5. The first-order chi connectivity index (χ1) is 13.2. The molecule has 3 heterocycles. The zero-order valence-electron chi connectivity index (χ0n) is 13.8. The number of benzene rings is 1. The van der Waals surface area contributed by atoms with E-state index in [0.29, 0.717) is 21.1 Å². The first kappa shape index (κ1) is 17.6. The number of anilines is 2. The summed E-state index contributed by atoms with van der Waals surface area (Å²) in [6.45, 7) is 0. The zero-order chi connectivity index (χ0) is 18.6. The molecule has 0 aliphatic rings. The SMILES string of the molecule is O=C(Nc1cccc(NC(=O)c2cnc(-c3cccs3)s2)c1)c1cccs1. The molecule has 0 saturated carbocycles. The molecule has 0 spiro atoms. The van der Waals surface area contributed by atoms with E-state index < -0.39 is 0 Å². The molecule has 134 valence electrons. The molecule has 2 amide bonds. The van der Waals surface area contributed by atoms with Crippen LogP contribution in [0.15, 0.2) is 65.5 Å². The van der Waals surface area contributed by atoms with E-state index in [0.717, 1.165) is 9.88 Å². The maximum absolute atomic E-state index is 12.5. The number of hydrogen-bond donors (Lipinski definition) is 2. The van der Waals surface area contributed by atoms with Crippen molar-refractivity contribution in [3.8, 4) is 9.88 Å². The lowest BCUT2D eigenvalue weighted by Crippen LogP contribution is -2.12. The van der Waals surface area contributed by atoms with Gasteiger partial charge in [0.25, 0.3) is 11.8 Å². The van der Waals surface area contributed by atoms with Crippen molar-refractivity contribution in [2.24, 2.45) is 0 Å². The molecule has 27 heavy (non-hydrogen) atoms. The Morgan fingerprint density at radius 3 is 2.19 bits per heavy atom. The first-order valence-corrected chi connectivity index (χ1v) is 10.5. The van der Waals surface area contributed by atoms with Gasteiger partial charge in [0.1, 0.15) is 9.88 Å². The second kappa shape index (κ2) is 7.83. The number of thiazole rings is 1. The fourth-order valence-electron chi connectivity index (χ4n) is 2.36.